The van der Waals surface area contributed by atoms with Crippen molar-refractivity contribution in [1.82, 2.24) is 0 Å². The first-order valence-corrected chi connectivity index (χ1v) is 6.16. The number of aryl methyl sites for hydroxylation is 1. The highest BCUT2D eigenvalue weighted by Gasteiger charge is 2.33. The maximum atomic E-state index is 11.8. The van der Waals surface area contributed by atoms with E-state index in [-0.39, 0.29) is 12.3 Å². The van der Waals surface area contributed by atoms with Gasteiger partial charge in [0.15, 0.2) is 0 Å². The van der Waals surface area contributed by atoms with Crippen LogP contribution >= 0.6 is 0 Å². The Hall–Kier alpha value is -1.35. The van der Waals surface area contributed by atoms with Crippen molar-refractivity contribution >= 4 is 11.6 Å². The van der Waals surface area contributed by atoms with E-state index in [1.54, 1.807) is 0 Å². The molecule has 0 spiro atoms. The molecule has 0 atom stereocenters. The van der Waals surface area contributed by atoms with E-state index in [0.29, 0.717) is 0 Å². The van der Waals surface area contributed by atoms with Gasteiger partial charge in [0.2, 0.25) is 5.91 Å². The van der Waals surface area contributed by atoms with Crippen LogP contribution in [0.5, 0.6) is 0 Å². The number of aliphatic hydroxyl groups is 1. The number of hydrogen-bond donors (Lipinski definition) is 2. The van der Waals surface area contributed by atoms with Gasteiger partial charge in [0.1, 0.15) is 0 Å². The van der Waals surface area contributed by atoms with Gasteiger partial charge in [0.05, 0.1) is 12.0 Å². The molecule has 2 rings (SSSR count). The molecule has 1 aliphatic carbocycles. The van der Waals surface area contributed by atoms with Crippen LogP contribution in [0, 0.1) is 6.92 Å². The number of nitrogens with one attached hydrogen (secondary N) is 1. The number of benzene rings is 1. The van der Waals surface area contributed by atoms with Crippen LogP contribution in [-0.4, -0.2) is 16.6 Å². The molecule has 3 heteroatoms. The largest absolute Gasteiger partial charge is 0.389 e. The molecule has 0 saturated heterocycles. The fraction of sp³-hybridized carbons (Fsp3) is 0.500. The third-order valence-electron chi connectivity index (χ3n) is 3.36. The summed E-state index contributed by atoms with van der Waals surface area (Å²) in [6, 6.07) is 7.68. The van der Waals surface area contributed by atoms with Gasteiger partial charge in [-0.2, -0.15) is 0 Å². The molecule has 1 aromatic carbocycles. The number of rotatable bonds is 3. The Morgan fingerprint density at radius 1 is 1.29 bits per heavy atom. The number of anilines is 1. The van der Waals surface area contributed by atoms with Crippen LogP contribution in [0.4, 0.5) is 5.69 Å². The van der Waals surface area contributed by atoms with Gasteiger partial charge in [-0.1, -0.05) is 30.5 Å². The van der Waals surface area contributed by atoms with Crippen LogP contribution in [0.2, 0.25) is 0 Å². The van der Waals surface area contributed by atoms with Gasteiger partial charge in [-0.15, -0.1) is 0 Å². The lowest BCUT2D eigenvalue weighted by Crippen LogP contribution is -2.30. The van der Waals surface area contributed by atoms with Crippen molar-refractivity contribution in [3.8, 4) is 0 Å². The Bertz CT molecular complexity index is 391. The molecular formula is C14H19NO2. The molecule has 1 aliphatic rings. The number of hydrogen-bond acceptors (Lipinski definition) is 2. The van der Waals surface area contributed by atoms with E-state index in [1.165, 1.54) is 0 Å². The van der Waals surface area contributed by atoms with Crippen molar-refractivity contribution < 1.29 is 9.90 Å². The monoisotopic (exact) mass is 233 g/mol. The van der Waals surface area contributed by atoms with Crippen molar-refractivity contribution in [3.05, 3.63) is 29.8 Å². The lowest BCUT2D eigenvalue weighted by atomic mass is 9.97. The highest BCUT2D eigenvalue weighted by Crippen LogP contribution is 2.32. The van der Waals surface area contributed by atoms with Gasteiger partial charge in [-0.3, -0.25) is 4.79 Å². The smallest absolute Gasteiger partial charge is 0.227 e. The maximum Gasteiger partial charge on any atom is 0.227 e. The van der Waals surface area contributed by atoms with Gasteiger partial charge in [-0.05, 0) is 31.9 Å². The zero-order valence-corrected chi connectivity index (χ0v) is 10.2. The molecule has 0 unspecified atom stereocenters. The molecule has 3 nitrogen and oxygen atoms in total. The topological polar surface area (TPSA) is 49.3 Å². The first-order chi connectivity index (χ1) is 8.07. The summed E-state index contributed by atoms with van der Waals surface area (Å²) in [5.74, 6) is -0.0988. The third-order valence-corrected chi connectivity index (χ3v) is 3.36. The van der Waals surface area contributed by atoms with E-state index in [0.717, 1.165) is 36.9 Å². The van der Waals surface area contributed by atoms with Crippen molar-refractivity contribution in [2.24, 2.45) is 0 Å². The molecule has 0 aromatic heterocycles. The molecule has 0 radical (unpaired) electrons. The first kappa shape index (κ1) is 12.1. The summed E-state index contributed by atoms with van der Waals surface area (Å²) < 4.78 is 0. The van der Waals surface area contributed by atoms with Crippen LogP contribution in [0.15, 0.2) is 24.3 Å². The van der Waals surface area contributed by atoms with E-state index < -0.39 is 5.60 Å². The summed E-state index contributed by atoms with van der Waals surface area (Å²) in [4.78, 5) is 11.8. The fourth-order valence-electron chi connectivity index (χ4n) is 2.35. The standard InChI is InChI=1S/C14H19NO2/c1-11-4-6-12(7-5-11)15-13(16)10-14(17)8-2-3-9-14/h4-7,17H,2-3,8-10H2,1H3,(H,15,16). The number of carbonyl (C=O) groups is 1. The normalized spacial score (nSPS) is 18.0. The highest BCUT2D eigenvalue weighted by molar-refractivity contribution is 5.91. The molecule has 1 saturated carbocycles. The van der Waals surface area contributed by atoms with E-state index in [9.17, 15) is 9.90 Å². The summed E-state index contributed by atoms with van der Waals surface area (Å²) in [5.41, 5.74) is 1.19. The third kappa shape index (κ3) is 3.30. The minimum absolute atomic E-state index is 0.0988. The van der Waals surface area contributed by atoms with Crippen molar-refractivity contribution in [1.29, 1.82) is 0 Å². The van der Waals surface area contributed by atoms with Gasteiger partial charge in [0.25, 0.3) is 0 Å². The van der Waals surface area contributed by atoms with E-state index in [4.69, 9.17) is 0 Å². The summed E-state index contributed by atoms with van der Waals surface area (Å²) in [6.45, 7) is 2.01. The van der Waals surface area contributed by atoms with Gasteiger partial charge < -0.3 is 10.4 Å². The van der Waals surface area contributed by atoms with Gasteiger partial charge in [-0.25, -0.2) is 0 Å². The Balaban J connectivity index is 1.91. The molecule has 1 amide bonds. The van der Waals surface area contributed by atoms with Gasteiger partial charge >= 0.3 is 0 Å². The molecule has 17 heavy (non-hydrogen) atoms. The summed E-state index contributed by atoms with van der Waals surface area (Å²) in [6.07, 6.45) is 3.74. The lowest BCUT2D eigenvalue weighted by Gasteiger charge is -2.21. The summed E-state index contributed by atoms with van der Waals surface area (Å²) >= 11 is 0. The molecule has 1 fully saturated rings. The van der Waals surface area contributed by atoms with Crippen molar-refractivity contribution in [3.63, 3.8) is 0 Å². The second-order valence-electron chi connectivity index (χ2n) is 5.02. The van der Waals surface area contributed by atoms with Crippen LogP contribution in [0.25, 0.3) is 0 Å². The molecule has 0 bridgehead atoms. The van der Waals surface area contributed by atoms with Crippen LogP contribution in [-0.2, 0) is 4.79 Å². The van der Waals surface area contributed by atoms with Crippen LogP contribution in [0.3, 0.4) is 0 Å². The average Bonchev–Trinajstić information content (AvgIpc) is 2.68. The van der Waals surface area contributed by atoms with E-state index in [2.05, 4.69) is 5.32 Å². The minimum atomic E-state index is -0.769. The zero-order chi connectivity index (χ0) is 12.3. The van der Waals surface area contributed by atoms with E-state index in [1.807, 2.05) is 31.2 Å². The SMILES string of the molecule is Cc1ccc(NC(=O)CC2(O)CCCC2)cc1. The summed E-state index contributed by atoms with van der Waals surface area (Å²) in [5, 5.41) is 12.9. The molecule has 0 heterocycles. The molecule has 0 aliphatic heterocycles. The zero-order valence-electron chi connectivity index (χ0n) is 10.2. The Kier molecular flexibility index (Phi) is 3.48. The molecule has 2 N–H and O–H groups in total. The Labute approximate surface area is 102 Å². The van der Waals surface area contributed by atoms with Crippen molar-refractivity contribution in [2.45, 2.75) is 44.6 Å². The maximum absolute atomic E-state index is 11.8. The van der Waals surface area contributed by atoms with Crippen LogP contribution < -0.4 is 5.32 Å². The van der Waals surface area contributed by atoms with E-state index >= 15 is 0 Å². The summed E-state index contributed by atoms with van der Waals surface area (Å²) in [7, 11) is 0. The number of carbonyl (C=O) groups excluding carboxylic acids is 1. The quantitative estimate of drug-likeness (QED) is 0.843. The Morgan fingerprint density at radius 2 is 1.88 bits per heavy atom. The Morgan fingerprint density at radius 3 is 2.47 bits per heavy atom. The number of amides is 1. The van der Waals surface area contributed by atoms with Crippen LogP contribution in [0.1, 0.15) is 37.7 Å². The second-order valence-corrected chi connectivity index (χ2v) is 5.02. The predicted octanol–water partition coefficient (Wildman–Crippen LogP) is 2.63. The molecule has 1 aromatic rings. The predicted molar refractivity (Wildman–Crippen MR) is 67.8 cm³/mol. The lowest BCUT2D eigenvalue weighted by molar-refractivity contribution is -0.120. The molecular weight excluding hydrogens is 214 g/mol. The van der Waals surface area contributed by atoms with Gasteiger partial charge in [0, 0.05) is 5.69 Å². The fourth-order valence-corrected chi connectivity index (χ4v) is 2.35. The highest BCUT2D eigenvalue weighted by atomic mass is 16.3. The van der Waals surface area contributed by atoms with Crippen molar-refractivity contribution in [2.75, 3.05) is 5.32 Å². The average molecular weight is 233 g/mol. The minimum Gasteiger partial charge on any atom is -0.389 e. The second kappa shape index (κ2) is 4.88. The first-order valence-electron chi connectivity index (χ1n) is 6.16. The molecule has 92 valence electrons.